The van der Waals surface area contributed by atoms with Crippen LogP contribution in [0.4, 0.5) is 0 Å². The molecule has 0 aromatic heterocycles. The van der Waals surface area contributed by atoms with Crippen molar-refractivity contribution in [3.05, 3.63) is 0 Å². The number of aliphatic hydroxyl groups is 2. The molecule has 0 rings (SSSR count). The molecular weight excluding hydrogens is 248 g/mol. The summed E-state index contributed by atoms with van der Waals surface area (Å²) >= 11 is 0. The van der Waals surface area contributed by atoms with Crippen LogP contribution in [0, 0.1) is 0 Å². The van der Waals surface area contributed by atoms with Gasteiger partial charge in [-0.1, -0.05) is 84.5 Å². The van der Waals surface area contributed by atoms with Crippen molar-refractivity contribution in [3.63, 3.8) is 0 Å². The van der Waals surface area contributed by atoms with Crippen LogP contribution in [0.2, 0.25) is 0 Å². The molecular formula is C18H38O2. The Hall–Kier alpha value is -0.0800. The first-order valence-corrected chi connectivity index (χ1v) is 9.07. The maximum absolute atomic E-state index is 9.74. The minimum atomic E-state index is -1.41. The number of hydrogen-bond donors (Lipinski definition) is 2. The van der Waals surface area contributed by atoms with E-state index in [9.17, 15) is 10.2 Å². The summed E-state index contributed by atoms with van der Waals surface area (Å²) in [6.07, 6.45) is 17.3. The zero-order valence-corrected chi connectivity index (χ0v) is 14.0. The molecule has 20 heavy (non-hydrogen) atoms. The molecule has 0 aliphatic rings. The van der Waals surface area contributed by atoms with E-state index in [1.165, 1.54) is 57.8 Å². The number of rotatable bonds is 15. The van der Waals surface area contributed by atoms with Crippen molar-refractivity contribution in [3.8, 4) is 0 Å². The average Bonchev–Trinajstić information content (AvgIpc) is 2.42. The Labute approximate surface area is 127 Å². The Morgan fingerprint density at radius 1 is 0.500 bits per heavy atom. The second-order valence-electron chi connectivity index (χ2n) is 6.37. The highest BCUT2D eigenvalue weighted by Gasteiger charge is 2.20. The smallest absolute Gasteiger partial charge is 0.162 e. The molecule has 0 amide bonds. The third kappa shape index (κ3) is 14.3. The molecule has 2 N–H and O–H groups in total. The van der Waals surface area contributed by atoms with E-state index in [-0.39, 0.29) is 0 Å². The van der Waals surface area contributed by atoms with Crippen LogP contribution >= 0.6 is 0 Å². The largest absolute Gasteiger partial charge is 0.366 e. The van der Waals surface area contributed by atoms with Crippen molar-refractivity contribution in [2.24, 2.45) is 0 Å². The van der Waals surface area contributed by atoms with Crippen molar-refractivity contribution in [1.82, 2.24) is 0 Å². The van der Waals surface area contributed by atoms with Crippen molar-refractivity contribution in [2.75, 3.05) is 0 Å². The molecule has 0 heterocycles. The highest BCUT2D eigenvalue weighted by molar-refractivity contribution is 4.64. The predicted molar refractivity (Wildman–Crippen MR) is 87.8 cm³/mol. The lowest BCUT2D eigenvalue weighted by atomic mass is 10.0. The lowest BCUT2D eigenvalue weighted by Gasteiger charge is -2.21. The van der Waals surface area contributed by atoms with Gasteiger partial charge in [0.15, 0.2) is 5.79 Å². The van der Waals surface area contributed by atoms with Crippen molar-refractivity contribution >= 4 is 0 Å². The van der Waals surface area contributed by atoms with Crippen LogP contribution in [0.1, 0.15) is 110 Å². The van der Waals surface area contributed by atoms with E-state index in [1.807, 2.05) is 0 Å². The first-order chi connectivity index (χ1) is 9.62. The average molecular weight is 286 g/mol. The first-order valence-electron chi connectivity index (χ1n) is 9.07. The van der Waals surface area contributed by atoms with Crippen LogP contribution in [-0.2, 0) is 0 Å². The summed E-state index contributed by atoms with van der Waals surface area (Å²) in [5.74, 6) is -1.41. The minimum Gasteiger partial charge on any atom is -0.366 e. The molecule has 0 saturated heterocycles. The van der Waals surface area contributed by atoms with Crippen LogP contribution in [-0.4, -0.2) is 16.0 Å². The molecule has 122 valence electrons. The van der Waals surface area contributed by atoms with E-state index in [1.54, 1.807) is 0 Å². The van der Waals surface area contributed by atoms with Gasteiger partial charge in [-0.3, -0.25) is 0 Å². The molecule has 0 radical (unpaired) electrons. The summed E-state index contributed by atoms with van der Waals surface area (Å²) in [5.41, 5.74) is 0. The summed E-state index contributed by atoms with van der Waals surface area (Å²) < 4.78 is 0. The molecule has 2 nitrogen and oxygen atoms in total. The van der Waals surface area contributed by atoms with E-state index in [0.717, 1.165) is 25.7 Å². The fourth-order valence-electron chi connectivity index (χ4n) is 2.66. The van der Waals surface area contributed by atoms with Gasteiger partial charge < -0.3 is 10.2 Å². The van der Waals surface area contributed by atoms with Crippen molar-refractivity contribution in [2.45, 2.75) is 116 Å². The van der Waals surface area contributed by atoms with E-state index in [2.05, 4.69) is 13.8 Å². The van der Waals surface area contributed by atoms with Gasteiger partial charge in [0, 0.05) is 12.8 Å². The molecule has 0 spiro atoms. The standard InChI is InChI=1S/C18H38O2/c1-3-5-7-8-9-10-11-12-13-14-15-17-18(19,20)16-6-4-2/h19-20H,3-17H2,1-2H3. The highest BCUT2D eigenvalue weighted by atomic mass is 16.5. The lowest BCUT2D eigenvalue weighted by Crippen LogP contribution is -2.27. The maximum Gasteiger partial charge on any atom is 0.162 e. The summed E-state index contributed by atoms with van der Waals surface area (Å²) in [7, 11) is 0. The summed E-state index contributed by atoms with van der Waals surface area (Å²) in [6, 6.07) is 0. The second-order valence-corrected chi connectivity index (χ2v) is 6.37. The predicted octanol–water partition coefficient (Wildman–Crippen LogP) is 5.56. The quantitative estimate of drug-likeness (QED) is 0.306. The fraction of sp³-hybridized carbons (Fsp3) is 1.00. The third-order valence-electron chi connectivity index (χ3n) is 4.11. The zero-order chi connectivity index (χ0) is 15.1. The monoisotopic (exact) mass is 286 g/mol. The van der Waals surface area contributed by atoms with Crippen LogP contribution in [0.25, 0.3) is 0 Å². The molecule has 0 unspecified atom stereocenters. The molecule has 0 saturated carbocycles. The van der Waals surface area contributed by atoms with Gasteiger partial charge in [0.25, 0.3) is 0 Å². The molecule has 0 aliphatic carbocycles. The van der Waals surface area contributed by atoms with Crippen molar-refractivity contribution < 1.29 is 10.2 Å². The Bertz CT molecular complexity index is 190. The second kappa shape index (κ2) is 13.9. The Kier molecular flexibility index (Phi) is 13.8. The van der Waals surface area contributed by atoms with Gasteiger partial charge in [0.2, 0.25) is 0 Å². The van der Waals surface area contributed by atoms with E-state index in [0.29, 0.717) is 12.8 Å². The van der Waals surface area contributed by atoms with E-state index in [4.69, 9.17) is 0 Å². The van der Waals surface area contributed by atoms with Crippen LogP contribution < -0.4 is 0 Å². The zero-order valence-electron chi connectivity index (χ0n) is 14.0. The minimum absolute atomic E-state index is 0.529. The summed E-state index contributed by atoms with van der Waals surface area (Å²) in [4.78, 5) is 0. The van der Waals surface area contributed by atoms with Gasteiger partial charge in [-0.05, 0) is 12.8 Å². The van der Waals surface area contributed by atoms with E-state index < -0.39 is 5.79 Å². The maximum atomic E-state index is 9.74. The van der Waals surface area contributed by atoms with E-state index >= 15 is 0 Å². The summed E-state index contributed by atoms with van der Waals surface area (Å²) in [5, 5.41) is 19.5. The lowest BCUT2D eigenvalue weighted by molar-refractivity contribution is -0.171. The Balaban J connectivity index is 3.20. The number of hydrogen-bond acceptors (Lipinski definition) is 2. The molecule has 0 aliphatic heterocycles. The Morgan fingerprint density at radius 3 is 1.30 bits per heavy atom. The first kappa shape index (κ1) is 19.9. The van der Waals surface area contributed by atoms with Gasteiger partial charge >= 0.3 is 0 Å². The van der Waals surface area contributed by atoms with Crippen LogP contribution in [0.3, 0.4) is 0 Å². The molecule has 0 aromatic rings. The van der Waals surface area contributed by atoms with Gasteiger partial charge in [-0.15, -0.1) is 0 Å². The Morgan fingerprint density at radius 2 is 0.850 bits per heavy atom. The molecule has 0 fully saturated rings. The molecule has 0 atom stereocenters. The van der Waals surface area contributed by atoms with Crippen LogP contribution in [0.5, 0.6) is 0 Å². The van der Waals surface area contributed by atoms with Gasteiger partial charge in [-0.25, -0.2) is 0 Å². The number of unbranched alkanes of at least 4 members (excludes halogenated alkanes) is 11. The van der Waals surface area contributed by atoms with Gasteiger partial charge in [-0.2, -0.15) is 0 Å². The SMILES string of the molecule is CCCCCCCCCCCCCC(O)(O)CCCC. The normalized spacial score (nSPS) is 12.0. The highest BCUT2D eigenvalue weighted by Crippen LogP contribution is 2.19. The summed E-state index contributed by atoms with van der Waals surface area (Å²) in [6.45, 7) is 4.34. The van der Waals surface area contributed by atoms with Crippen LogP contribution in [0.15, 0.2) is 0 Å². The topological polar surface area (TPSA) is 40.5 Å². The molecule has 0 aromatic carbocycles. The van der Waals surface area contributed by atoms with Crippen molar-refractivity contribution in [1.29, 1.82) is 0 Å². The van der Waals surface area contributed by atoms with Gasteiger partial charge in [0.05, 0.1) is 0 Å². The third-order valence-corrected chi connectivity index (χ3v) is 4.11. The molecule has 0 bridgehead atoms. The van der Waals surface area contributed by atoms with Gasteiger partial charge in [0.1, 0.15) is 0 Å². The molecule has 2 heteroatoms. The fourth-order valence-corrected chi connectivity index (χ4v) is 2.66.